The maximum Gasteiger partial charge on any atom is 0.373 e. The van der Waals surface area contributed by atoms with Crippen LogP contribution in [0.3, 0.4) is 0 Å². The van der Waals surface area contributed by atoms with Gasteiger partial charge < -0.3 is 18.6 Å². The minimum Gasteiger partial charge on any atom is -0.463 e. The number of carbonyl (C=O) groups excluding carboxylic acids is 2. The van der Waals surface area contributed by atoms with Crippen LogP contribution in [0.4, 0.5) is 0 Å². The SMILES string of the molecule is COC(=O)c1ccc(COC(=O)c2ccc(C)c(S(=O)(=O)N3CCOCC3)c2)o1. The number of nitrogens with zero attached hydrogens (tertiary/aromatic N) is 1. The van der Waals surface area contributed by atoms with E-state index in [2.05, 4.69) is 4.74 Å². The first-order valence-electron chi connectivity index (χ1n) is 8.85. The molecular formula is C19H21NO8S. The van der Waals surface area contributed by atoms with Crippen LogP contribution in [0.1, 0.15) is 32.2 Å². The summed E-state index contributed by atoms with van der Waals surface area (Å²) in [6, 6.07) is 7.27. The van der Waals surface area contributed by atoms with Crippen molar-refractivity contribution in [3.05, 3.63) is 53.0 Å². The zero-order chi connectivity index (χ0) is 21.0. The smallest absolute Gasteiger partial charge is 0.373 e. The average molecular weight is 423 g/mol. The van der Waals surface area contributed by atoms with Crippen LogP contribution in [0, 0.1) is 6.92 Å². The fraction of sp³-hybridized carbons (Fsp3) is 0.368. The molecule has 1 aromatic carbocycles. The van der Waals surface area contributed by atoms with Crippen molar-refractivity contribution in [2.24, 2.45) is 0 Å². The van der Waals surface area contributed by atoms with E-state index >= 15 is 0 Å². The Labute approximate surface area is 168 Å². The molecule has 2 aromatic rings. The Morgan fingerprint density at radius 2 is 1.83 bits per heavy atom. The predicted molar refractivity (Wildman–Crippen MR) is 99.9 cm³/mol. The molecule has 1 aliphatic rings. The minimum absolute atomic E-state index is 0.00669. The van der Waals surface area contributed by atoms with E-state index in [1.54, 1.807) is 13.0 Å². The Balaban J connectivity index is 1.74. The van der Waals surface area contributed by atoms with E-state index in [-0.39, 0.29) is 41.7 Å². The van der Waals surface area contributed by atoms with Gasteiger partial charge in [0.25, 0.3) is 0 Å². The number of furan rings is 1. The predicted octanol–water partition coefficient (Wildman–Crippen LogP) is 1.75. The molecule has 0 saturated carbocycles. The maximum absolute atomic E-state index is 12.9. The van der Waals surface area contributed by atoms with Crippen molar-refractivity contribution >= 4 is 22.0 Å². The van der Waals surface area contributed by atoms with Crippen molar-refractivity contribution in [2.75, 3.05) is 33.4 Å². The van der Waals surface area contributed by atoms with Crippen molar-refractivity contribution in [2.45, 2.75) is 18.4 Å². The lowest BCUT2D eigenvalue weighted by Gasteiger charge is -2.26. The van der Waals surface area contributed by atoms with Crippen molar-refractivity contribution in [1.82, 2.24) is 4.31 Å². The van der Waals surface area contributed by atoms with Gasteiger partial charge in [-0.3, -0.25) is 0 Å². The number of ether oxygens (including phenoxy) is 3. The number of rotatable bonds is 6. The van der Waals surface area contributed by atoms with Crippen molar-refractivity contribution < 1.29 is 36.6 Å². The van der Waals surface area contributed by atoms with Crippen LogP contribution in [0.5, 0.6) is 0 Å². The van der Waals surface area contributed by atoms with Gasteiger partial charge in [-0.15, -0.1) is 0 Å². The van der Waals surface area contributed by atoms with Gasteiger partial charge in [-0.2, -0.15) is 4.31 Å². The lowest BCUT2D eigenvalue weighted by Crippen LogP contribution is -2.40. The molecule has 1 saturated heterocycles. The summed E-state index contributed by atoms with van der Waals surface area (Å²) in [6.07, 6.45) is 0. The molecule has 0 amide bonds. The number of hydrogen-bond donors (Lipinski definition) is 0. The molecule has 3 rings (SSSR count). The van der Waals surface area contributed by atoms with Gasteiger partial charge in [0.15, 0.2) is 0 Å². The van der Waals surface area contributed by atoms with Crippen LogP contribution in [-0.4, -0.2) is 58.1 Å². The molecule has 2 heterocycles. The highest BCUT2D eigenvalue weighted by molar-refractivity contribution is 7.89. The summed E-state index contributed by atoms with van der Waals surface area (Å²) < 4.78 is 47.3. The van der Waals surface area contributed by atoms with Gasteiger partial charge in [0.2, 0.25) is 15.8 Å². The topological polar surface area (TPSA) is 112 Å². The van der Waals surface area contributed by atoms with Crippen molar-refractivity contribution in [1.29, 1.82) is 0 Å². The van der Waals surface area contributed by atoms with Crippen LogP contribution in [-0.2, 0) is 30.8 Å². The highest BCUT2D eigenvalue weighted by Gasteiger charge is 2.28. The molecule has 1 aromatic heterocycles. The summed E-state index contributed by atoms with van der Waals surface area (Å²) in [5.41, 5.74) is 0.629. The zero-order valence-corrected chi connectivity index (χ0v) is 16.9. The molecule has 156 valence electrons. The quantitative estimate of drug-likeness (QED) is 0.646. The van der Waals surface area contributed by atoms with E-state index in [4.69, 9.17) is 13.9 Å². The van der Waals surface area contributed by atoms with Gasteiger partial charge in [0, 0.05) is 13.1 Å². The standard InChI is InChI=1S/C19H21NO8S/c1-13-3-4-14(11-17(13)29(23,24)20-7-9-26-10-8-20)18(21)27-12-15-5-6-16(28-15)19(22)25-2/h3-6,11H,7-10,12H2,1-2H3. The third kappa shape index (κ3) is 4.66. The van der Waals surface area contributed by atoms with E-state index in [0.717, 1.165) is 0 Å². The largest absolute Gasteiger partial charge is 0.463 e. The number of aryl methyl sites for hydroxylation is 1. The van der Waals surface area contributed by atoms with Crippen LogP contribution in [0.25, 0.3) is 0 Å². The third-order valence-corrected chi connectivity index (χ3v) is 6.45. The fourth-order valence-corrected chi connectivity index (χ4v) is 4.48. The molecule has 0 spiro atoms. The van der Waals surface area contributed by atoms with E-state index in [0.29, 0.717) is 18.8 Å². The lowest BCUT2D eigenvalue weighted by atomic mass is 10.1. The number of methoxy groups -OCH3 is 1. The van der Waals surface area contributed by atoms with E-state index in [9.17, 15) is 18.0 Å². The summed E-state index contributed by atoms with van der Waals surface area (Å²) in [5, 5.41) is 0. The number of benzene rings is 1. The lowest BCUT2D eigenvalue weighted by molar-refractivity contribution is 0.0438. The van der Waals surface area contributed by atoms with E-state index in [1.165, 1.54) is 35.7 Å². The first kappa shape index (κ1) is 21.0. The van der Waals surface area contributed by atoms with Gasteiger partial charge in [-0.1, -0.05) is 6.07 Å². The van der Waals surface area contributed by atoms with Crippen molar-refractivity contribution in [3.63, 3.8) is 0 Å². The van der Waals surface area contributed by atoms with Gasteiger partial charge in [0.05, 0.1) is 30.8 Å². The molecular weight excluding hydrogens is 402 g/mol. The average Bonchev–Trinajstić information content (AvgIpc) is 3.21. The second-order valence-electron chi connectivity index (χ2n) is 6.33. The summed E-state index contributed by atoms with van der Waals surface area (Å²) in [5.74, 6) is -1.10. The molecule has 1 fully saturated rings. The number of esters is 2. The number of morpholine rings is 1. The van der Waals surface area contributed by atoms with E-state index in [1.807, 2.05) is 0 Å². The summed E-state index contributed by atoms with van der Waals surface area (Å²) in [6.45, 7) is 2.64. The highest BCUT2D eigenvalue weighted by Crippen LogP contribution is 2.23. The van der Waals surface area contributed by atoms with Gasteiger partial charge in [-0.05, 0) is 36.8 Å². The molecule has 9 nitrogen and oxygen atoms in total. The zero-order valence-electron chi connectivity index (χ0n) is 16.0. The van der Waals surface area contributed by atoms with Gasteiger partial charge in [0.1, 0.15) is 12.4 Å². The van der Waals surface area contributed by atoms with Gasteiger partial charge >= 0.3 is 11.9 Å². The fourth-order valence-electron chi connectivity index (χ4n) is 2.82. The Morgan fingerprint density at radius 1 is 1.10 bits per heavy atom. The molecule has 0 aliphatic carbocycles. The normalized spacial score (nSPS) is 15.1. The molecule has 10 heteroatoms. The van der Waals surface area contributed by atoms with Crippen LogP contribution >= 0.6 is 0 Å². The molecule has 0 radical (unpaired) electrons. The van der Waals surface area contributed by atoms with Crippen LogP contribution < -0.4 is 0 Å². The van der Waals surface area contributed by atoms with Crippen molar-refractivity contribution in [3.8, 4) is 0 Å². The van der Waals surface area contributed by atoms with E-state index < -0.39 is 22.0 Å². The van der Waals surface area contributed by atoms with Crippen LogP contribution in [0.2, 0.25) is 0 Å². The Kier molecular flexibility index (Phi) is 6.36. The molecule has 0 unspecified atom stereocenters. The minimum atomic E-state index is -3.75. The molecule has 0 bridgehead atoms. The molecule has 0 atom stereocenters. The Bertz CT molecular complexity index is 1000. The monoisotopic (exact) mass is 423 g/mol. The van der Waals surface area contributed by atoms with Crippen LogP contribution in [0.15, 0.2) is 39.6 Å². The Hall–Kier alpha value is -2.69. The molecule has 29 heavy (non-hydrogen) atoms. The second-order valence-corrected chi connectivity index (χ2v) is 8.24. The molecule has 1 aliphatic heterocycles. The number of sulfonamides is 1. The number of carbonyl (C=O) groups is 2. The second kappa shape index (κ2) is 8.76. The first-order valence-corrected chi connectivity index (χ1v) is 10.3. The number of hydrogen-bond acceptors (Lipinski definition) is 8. The summed E-state index contributed by atoms with van der Waals surface area (Å²) in [4.78, 5) is 23.8. The summed E-state index contributed by atoms with van der Waals surface area (Å²) in [7, 11) is -2.52. The van der Waals surface area contributed by atoms with Gasteiger partial charge in [-0.25, -0.2) is 18.0 Å². The summed E-state index contributed by atoms with van der Waals surface area (Å²) >= 11 is 0. The maximum atomic E-state index is 12.9. The highest BCUT2D eigenvalue weighted by atomic mass is 32.2. The third-order valence-electron chi connectivity index (χ3n) is 4.41. The Morgan fingerprint density at radius 3 is 2.52 bits per heavy atom. The first-order chi connectivity index (χ1) is 13.8. The molecule has 0 N–H and O–H groups in total.